The Balaban J connectivity index is 1.80. The Kier molecular flexibility index (Phi) is 4.69. The minimum atomic E-state index is 0.137. The Hall–Kier alpha value is -0.420. The highest BCUT2D eigenvalue weighted by Crippen LogP contribution is 2.41. The zero-order valence-electron chi connectivity index (χ0n) is 13.3. The van der Waals surface area contributed by atoms with Crippen molar-refractivity contribution in [3.63, 3.8) is 0 Å². The van der Waals surface area contributed by atoms with Crippen molar-refractivity contribution in [3.05, 3.63) is 22.4 Å². The molecular weight excluding hydrogens is 280 g/mol. The first-order valence-electron chi connectivity index (χ1n) is 8.25. The summed E-state index contributed by atoms with van der Waals surface area (Å²) in [6.07, 6.45) is 5.19. The molecule has 2 N–H and O–H groups in total. The average molecular weight is 308 g/mol. The van der Waals surface area contributed by atoms with Crippen molar-refractivity contribution in [2.75, 3.05) is 13.2 Å². The molecule has 0 bridgehead atoms. The first-order valence-corrected chi connectivity index (χ1v) is 9.13. The maximum absolute atomic E-state index is 6.30. The van der Waals surface area contributed by atoms with Gasteiger partial charge in [0, 0.05) is 36.2 Å². The van der Waals surface area contributed by atoms with E-state index in [1.165, 1.54) is 17.7 Å². The third-order valence-electron chi connectivity index (χ3n) is 5.11. The Labute approximate surface area is 132 Å². The molecule has 2 fully saturated rings. The molecule has 0 radical (unpaired) electrons. The van der Waals surface area contributed by atoms with E-state index in [1.54, 1.807) is 0 Å². The van der Waals surface area contributed by atoms with Crippen LogP contribution in [0.3, 0.4) is 0 Å². The van der Waals surface area contributed by atoms with Gasteiger partial charge in [0.15, 0.2) is 0 Å². The minimum Gasteiger partial charge on any atom is -0.378 e. The van der Waals surface area contributed by atoms with Crippen molar-refractivity contribution in [3.8, 4) is 0 Å². The number of nitrogens with zero attached hydrogens (tertiary/aromatic N) is 1. The molecule has 2 atom stereocenters. The monoisotopic (exact) mass is 308 g/mol. The highest BCUT2D eigenvalue weighted by Gasteiger charge is 2.46. The Morgan fingerprint density at radius 1 is 1.48 bits per heavy atom. The van der Waals surface area contributed by atoms with Crippen molar-refractivity contribution in [2.45, 2.75) is 63.8 Å². The molecule has 118 valence electrons. The van der Waals surface area contributed by atoms with Gasteiger partial charge in [-0.15, -0.1) is 11.3 Å². The van der Waals surface area contributed by atoms with Gasteiger partial charge in [0.05, 0.1) is 6.10 Å². The quantitative estimate of drug-likeness (QED) is 0.877. The molecule has 3 nitrogen and oxygen atoms in total. The lowest BCUT2D eigenvalue weighted by atomic mass is 9.81. The van der Waals surface area contributed by atoms with Crippen LogP contribution in [0.25, 0.3) is 0 Å². The second-order valence-corrected chi connectivity index (χ2v) is 8.01. The number of hydrogen-bond acceptors (Lipinski definition) is 4. The molecule has 1 saturated heterocycles. The summed E-state index contributed by atoms with van der Waals surface area (Å²) in [7, 11) is 0. The lowest BCUT2D eigenvalue weighted by Crippen LogP contribution is -2.59. The average Bonchev–Trinajstić information content (AvgIpc) is 3.21. The molecule has 0 spiro atoms. The van der Waals surface area contributed by atoms with E-state index < -0.39 is 0 Å². The van der Waals surface area contributed by atoms with Crippen LogP contribution in [0.2, 0.25) is 0 Å². The molecule has 21 heavy (non-hydrogen) atoms. The first kappa shape index (κ1) is 15.5. The lowest BCUT2D eigenvalue weighted by Gasteiger charge is -2.49. The first-order chi connectivity index (χ1) is 10.1. The van der Waals surface area contributed by atoms with Crippen LogP contribution in [0, 0.1) is 5.92 Å². The number of rotatable bonds is 6. The van der Waals surface area contributed by atoms with Gasteiger partial charge in [-0.1, -0.05) is 19.9 Å². The maximum atomic E-state index is 6.30. The summed E-state index contributed by atoms with van der Waals surface area (Å²) in [5.74, 6) is 0.569. The summed E-state index contributed by atoms with van der Waals surface area (Å²) in [6, 6.07) is 5.14. The van der Waals surface area contributed by atoms with Gasteiger partial charge < -0.3 is 10.5 Å². The minimum absolute atomic E-state index is 0.137. The normalized spacial score (nSPS) is 30.2. The van der Waals surface area contributed by atoms with E-state index in [0.717, 1.165) is 38.6 Å². The second kappa shape index (κ2) is 6.37. The van der Waals surface area contributed by atoms with Crippen molar-refractivity contribution in [1.29, 1.82) is 0 Å². The molecule has 2 unspecified atom stereocenters. The summed E-state index contributed by atoms with van der Waals surface area (Å²) in [6.45, 7) is 7.19. The molecular formula is C17H28N2OS. The lowest BCUT2D eigenvalue weighted by molar-refractivity contribution is -0.0923. The van der Waals surface area contributed by atoms with Crippen molar-refractivity contribution >= 4 is 11.3 Å². The van der Waals surface area contributed by atoms with Crippen molar-refractivity contribution < 1.29 is 4.74 Å². The standard InChI is InChI=1S/C17H28N2OS/c1-13(2)16-10-17(12-18,7-8-20-16)19(14-5-6-14)11-15-4-3-9-21-15/h3-4,9,13-14,16H,5-8,10-12,18H2,1-2H3. The predicted molar refractivity (Wildman–Crippen MR) is 88.5 cm³/mol. The summed E-state index contributed by atoms with van der Waals surface area (Å²) >= 11 is 1.86. The van der Waals surface area contributed by atoms with E-state index in [4.69, 9.17) is 10.5 Å². The van der Waals surface area contributed by atoms with Gasteiger partial charge in [-0.2, -0.15) is 0 Å². The van der Waals surface area contributed by atoms with Crippen LogP contribution in [0.5, 0.6) is 0 Å². The smallest absolute Gasteiger partial charge is 0.0616 e. The molecule has 0 aromatic carbocycles. The Morgan fingerprint density at radius 3 is 2.86 bits per heavy atom. The van der Waals surface area contributed by atoms with Crippen LogP contribution in [0.4, 0.5) is 0 Å². The highest BCUT2D eigenvalue weighted by atomic mass is 32.1. The van der Waals surface area contributed by atoms with Crippen LogP contribution in [0.15, 0.2) is 17.5 Å². The van der Waals surface area contributed by atoms with E-state index in [1.807, 2.05) is 11.3 Å². The molecule has 0 amide bonds. The van der Waals surface area contributed by atoms with E-state index in [9.17, 15) is 0 Å². The van der Waals surface area contributed by atoms with Crippen LogP contribution in [-0.2, 0) is 11.3 Å². The third kappa shape index (κ3) is 3.34. The van der Waals surface area contributed by atoms with Gasteiger partial charge in [-0.25, -0.2) is 0 Å². The molecule has 3 rings (SSSR count). The zero-order valence-corrected chi connectivity index (χ0v) is 14.1. The fourth-order valence-electron chi connectivity index (χ4n) is 3.57. The topological polar surface area (TPSA) is 38.5 Å². The van der Waals surface area contributed by atoms with E-state index >= 15 is 0 Å². The van der Waals surface area contributed by atoms with Gasteiger partial charge >= 0.3 is 0 Å². The molecule has 2 heterocycles. The second-order valence-electron chi connectivity index (χ2n) is 6.97. The molecule has 1 aliphatic carbocycles. The number of hydrogen-bond donors (Lipinski definition) is 1. The molecule has 2 aliphatic rings. The Morgan fingerprint density at radius 2 is 2.29 bits per heavy atom. The van der Waals surface area contributed by atoms with Gasteiger partial charge in [0.1, 0.15) is 0 Å². The largest absolute Gasteiger partial charge is 0.378 e. The van der Waals surface area contributed by atoms with E-state index in [-0.39, 0.29) is 5.54 Å². The zero-order chi connectivity index (χ0) is 14.9. The van der Waals surface area contributed by atoms with Crippen molar-refractivity contribution in [2.24, 2.45) is 11.7 Å². The molecule has 1 aliphatic heterocycles. The molecule has 1 saturated carbocycles. The van der Waals surface area contributed by atoms with E-state index in [0.29, 0.717) is 12.0 Å². The van der Waals surface area contributed by atoms with Gasteiger partial charge in [0.2, 0.25) is 0 Å². The number of thiophene rings is 1. The van der Waals surface area contributed by atoms with Crippen LogP contribution in [-0.4, -0.2) is 35.7 Å². The fraction of sp³-hybridized carbons (Fsp3) is 0.765. The van der Waals surface area contributed by atoms with Gasteiger partial charge in [0.25, 0.3) is 0 Å². The maximum Gasteiger partial charge on any atom is 0.0616 e. The summed E-state index contributed by atoms with van der Waals surface area (Å²) in [5, 5.41) is 2.18. The van der Waals surface area contributed by atoms with Crippen LogP contribution >= 0.6 is 11.3 Å². The summed E-state index contributed by atoms with van der Waals surface area (Å²) in [4.78, 5) is 4.18. The SMILES string of the molecule is CC(C)C1CC(CN)(N(Cc2cccs2)C2CC2)CCO1. The third-order valence-corrected chi connectivity index (χ3v) is 5.97. The van der Waals surface area contributed by atoms with Crippen LogP contribution < -0.4 is 5.73 Å². The predicted octanol–water partition coefficient (Wildman–Crippen LogP) is 3.25. The van der Waals surface area contributed by atoms with E-state index in [2.05, 4.69) is 36.3 Å². The Bertz CT molecular complexity index is 444. The van der Waals surface area contributed by atoms with Crippen molar-refractivity contribution in [1.82, 2.24) is 4.90 Å². The van der Waals surface area contributed by atoms with Crippen LogP contribution in [0.1, 0.15) is 44.4 Å². The molecule has 1 aromatic rings. The molecule has 4 heteroatoms. The van der Waals surface area contributed by atoms with Gasteiger partial charge in [-0.05, 0) is 43.0 Å². The molecule has 1 aromatic heterocycles. The summed E-state index contributed by atoms with van der Waals surface area (Å²) in [5.41, 5.74) is 6.44. The highest BCUT2D eigenvalue weighted by molar-refractivity contribution is 7.09. The van der Waals surface area contributed by atoms with Gasteiger partial charge in [-0.3, -0.25) is 4.90 Å². The summed E-state index contributed by atoms with van der Waals surface area (Å²) < 4.78 is 6.00. The fourth-order valence-corrected chi connectivity index (χ4v) is 4.27. The number of ether oxygens (including phenoxy) is 1. The number of nitrogens with two attached hydrogens (primary N) is 1.